The summed E-state index contributed by atoms with van der Waals surface area (Å²) >= 11 is 0. The van der Waals surface area contributed by atoms with Crippen molar-refractivity contribution >= 4 is 0 Å². The van der Waals surface area contributed by atoms with Crippen LogP contribution in [-0.4, -0.2) is 38.3 Å². The molecule has 0 aliphatic rings. The highest BCUT2D eigenvalue weighted by Gasteiger charge is 2.06. The lowest BCUT2D eigenvalue weighted by Crippen LogP contribution is -2.26. The number of benzene rings is 1. The zero-order valence-corrected chi connectivity index (χ0v) is 12.7. The molecule has 0 bridgehead atoms. The Morgan fingerprint density at radius 1 is 1.15 bits per heavy atom. The van der Waals surface area contributed by atoms with E-state index < -0.39 is 6.61 Å². The van der Waals surface area contributed by atoms with Gasteiger partial charge in [-0.05, 0) is 24.2 Å². The molecule has 0 radical (unpaired) electrons. The lowest BCUT2D eigenvalue weighted by atomic mass is 10.2. The van der Waals surface area contributed by atoms with Gasteiger partial charge in [-0.25, -0.2) is 0 Å². The van der Waals surface area contributed by atoms with Crippen molar-refractivity contribution in [2.24, 2.45) is 0 Å². The molecule has 5 heteroatoms. The van der Waals surface area contributed by atoms with E-state index >= 15 is 0 Å². The van der Waals surface area contributed by atoms with Crippen LogP contribution in [0.5, 0.6) is 5.75 Å². The monoisotopic (exact) mass is 289 g/mol. The highest BCUT2D eigenvalue weighted by molar-refractivity contribution is 5.27. The Labute approximate surface area is 120 Å². The van der Waals surface area contributed by atoms with Gasteiger partial charge in [0, 0.05) is 20.2 Å². The van der Waals surface area contributed by atoms with Crippen LogP contribution in [0.2, 0.25) is 0 Å². The van der Waals surface area contributed by atoms with E-state index in [4.69, 9.17) is 4.74 Å². The second-order valence-corrected chi connectivity index (χ2v) is 3.88. The summed E-state index contributed by atoms with van der Waals surface area (Å²) in [5, 5.41) is 0. The van der Waals surface area contributed by atoms with Gasteiger partial charge < -0.3 is 9.47 Å². The summed E-state index contributed by atoms with van der Waals surface area (Å²) in [6, 6.07) is 6.72. The van der Waals surface area contributed by atoms with Gasteiger partial charge in [-0.1, -0.05) is 32.9 Å². The molecule has 0 aromatic heterocycles. The van der Waals surface area contributed by atoms with E-state index in [1.54, 1.807) is 31.4 Å². The summed E-state index contributed by atoms with van der Waals surface area (Å²) in [6.45, 7) is 6.52. The smallest absolute Gasteiger partial charge is 0.387 e. The van der Waals surface area contributed by atoms with Crippen LogP contribution >= 0.6 is 0 Å². The van der Waals surface area contributed by atoms with Crippen molar-refractivity contribution in [2.75, 3.05) is 26.8 Å². The molecular weight excluding hydrogens is 264 g/mol. The third-order valence-electron chi connectivity index (χ3n) is 2.61. The molecule has 0 aliphatic carbocycles. The number of ether oxygens (including phenoxy) is 2. The molecule has 0 N–H and O–H groups in total. The van der Waals surface area contributed by atoms with Gasteiger partial charge >= 0.3 is 6.61 Å². The summed E-state index contributed by atoms with van der Waals surface area (Å²) < 4.78 is 33.3. The maximum atomic E-state index is 12.0. The minimum atomic E-state index is -2.77. The predicted octanol–water partition coefficient (Wildman–Crippen LogP) is 3.78. The van der Waals surface area contributed by atoms with Crippen LogP contribution in [0.4, 0.5) is 8.78 Å². The summed E-state index contributed by atoms with van der Waals surface area (Å²) in [5.74, 6) is 0.189. The zero-order valence-electron chi connectivity index (χ0n) is 12.7. The molecule has 0 amide bonds. The van der Waals surface area contributed by atoms with Crippen LogP contribution in [0.25, 0.3) is 0 Å². The third-order valence-corrected chi connectivity index (χ3v) is 2.61. The fourth-order valence-electron chi connectivity index (χ4n) is 1.60. The molecule has 0 fully saturated rings. The van der Waals surface area contributed by atoms with Crippen molar-refractivity contribution in [2.45, 2.75) is 33.9 Å². The summed E-state index contributed by atoms with van der Waals surface area (Å²) in [5.41, 5.74) is 1.06. The number of halogens is 2. The van der Waals surface area contributed by atoms with Crippen LogP contribution in [0, 0.1) is 0 Å². The molecule has 1 aromatic rings. The topological polar surface area (TPSA) is 21.7 Å². The molecule has 20 heavy (non-hydrogen) atoms. The molecule has 0 heterocycles. The van der Waals surface area contributed by atoms with Crippen LogP contribution in [0.15, 0.2) is 24.3 Å². The molecule has 0 unspecified atom stereocenters. The largest absolute Gasteiger partial charge is 0.435 e. The number of nitrogens with zero attached hydrogens (tertiary/aromatic N) is 1. The van der Waals surface area contributed by atoms with Gasteiger partial charge in [-0.15, -0.1) is 0 Å². The maximum Gasteiger partial charge on any atom is 0.387 e. The summed E-state index contributed by atoms with van der Waals surface area (Å²) in [4.78, 5) is 2.21. The van der Waals surface area contributed by atoms with Gasteiger partial charge in [0.2, 0.25) is 0 Å². The maximum absolute atomic E-state index is 12.0. The Bertz CT molecular complexity index is 331. The fraction of sp³-hybridized carbons (Fsp3) is 0.600. The van der Waals surface area contributed by atoms with E-state index in [1.165, 1.54) is 0 Å². The van der Waals surface area contributed by atoms with E-state index in [9.17, 15) is 8.78 Å². The number of alkyl halides is 2. The molecule has 116 valence electrons. The van der Waals surface area contributed by atoms with Crippen LogP contribution in [0.1, 0.15) is 26.3 Å². The number of methoxy groups -OCH3 is 1. The second kappa shape index (κ2) is 11.6. The lowest BCUT2D eigenvalue weighted by molar-refractivity contribution is -0.0498. The van der Waals surface area contributed by atoms with Crippen molar-refractivity contribution in [3.63, 3.8) is 0 Å². The number of rotatable bonds is 8. The summed E-state index contributed by atoms with van der Waals surface area (Å²) in [7, 11) is 1.67. The quantitative estimate of drug-likeness (QED) is 0.727. The first-order valence-corrected chi connectivity index (χ1v) is 6.90. The highest BCUT2D eigenvalue weighted by atomic mass is 19.3. The Morgan fingerprint density at radius 2 is 1.75 bits per heavy atom. The van der Waals surface area contributed by atoms with Crippen molar-refractivity contribution in [1.29, 1.82) is 0 Å². The molecular formula is C15H25F2NO2. The standard InChI is InChI=1S/C13H19F2NO2.C2H6/c1-3-16(8-9-17-2)10-11-4-6-12(7-5-11)18-13(14)15;1-2/h4-7,13H,3,8-10H2,1-2H3;1-2H3. The number of likely N-dealkylation sites (N-methyl/N-ethyl adjacent to an activating group) is 1. The number of hydrogen-bond acceptors (Lipinski definition) is 3. The third kappa shape index (κ3) is 8.07. The Morgan fingerprint density at radius 3 is 2.20 bits per heavy atom. The van der Waals surface area contributed by atoms with Crippen LogP contribution in [-0.2, 0) is 11.3 Å². The molecule has 1 rings (SSSR count). The first kappa shape index (κ1) is 18.8. The van der Waals surface area contributed by atoms with Crippen molar-refractivity contribution in [3.05, 3.63) is 29.8 Å². The average molecular weight is 289 g/mol. The van der Waals surface area contributed by atoms with E-state index in [0.29, 0.717) is 6.61 Å². The Hall–Kier alpha value is -1.20. The van der Waals surface area contributed by atoms with E-state index in [-0.39, 0.29) is 5.75 Å². The van der Waals surface area contributed by atoms with Gasteiger partial charge in [0.05, 0.1) is 6.61 Å². The van der Waals surface area contributed by atoms with E-state index in [1.807, 2.05) is 13.8 Å². The number of hydrogen-bond donors (Lipinski definition) is 0. The Balaban J connectivity index is 0.00000172. The molecule has 0 spiro atoms. The Kier molecular flexibility index (Phi) is 10.9. The van der Waals surface area contributed by atoms with Gasteiger partial charge in [0.1, 0.15) is 5.75 Å². The minimum Gasteiger partial charge on any atom is -0.435 e. The van der Waals surface area contributed by atoms with Crippen molar-refractivity contribution in [1.82, 2.24) is 4.90 Å². The zero-order chi connectivity index (χ0) is 15.4. The molecule has 0 saturated heterocycles. The SMILES string of the molecule is CC.CCN(CCOC)Cc1ccc(OC(F)F)cc1. The lowest BCUT2D eigenvalue weighted by Gasteiger charge is -2.20. The fourth-order valence-corrected chi connectivity index (χ4v) is 1.60. The second-order valence-electron chi connectivity index (χ2n) is 3.88. The van der Waals surface area contributed by atoms with Crippen LogP contribution < -0.4 is 4.74 Å². The highest BCUT2D eigenvalue weighted by Crippen LogP contribution is 2.15. The van der Waals surface area contributed by atoms with Gasteiger partial charge in [-0.3, -0.25) is 4.90 Å². The van der Waals surface area contributed by atoms with Gasteiger partial charge in [-0.2, -0.15) is 8.78 Å². The molecule has 3 nitrogen and oxygen atoms in total. The first-order chi connectivity index (χ1) is 9.65. The van der Waals surface area contributed by atoms with Crippen molar-refractivity contribution < 1.29 is 18.3 Å². The van der Waals surface area contributed by atoms with E-state index in [2.05, 4.69) is 16.6 Å². The molecule has 0 aliphatic heterocycles. The molecule has 0 atom stereocenters. The van der Waals surface area contributed by atoms with Crippen molar-refractivity contribution in [3.8, 4) is 5.75 Å². The van der Waals surface area contributed by atoms with Gasteiger partial charge in [0.25, 0.3) is 0 Å². The van der Waals surface area contributed by atoms with E-state index in [0.717, 1.165) is 25.2 Å². The normalized spacial score (nSPS) is 10.4. The molecule has 0 saturated carbocycles. The first-order valence-electron chi connectivity index (χ1n) is 6.90. The molecule has 1 aromatic carbocycles. The average Bonchev–Trinajstić information content (AvgIpc) is 2.47. The minimum absolute atomic E-state index is 0.189. The van der Waals surface area contributed by atoms with Crippen LogP contribution in [0.3, 0.4) is 0 Å². The predicted molar refractivity (Wildman–Crippen MR) is 77.2 cm³/mol. The van der Waals surface area contributed by atoms with Gasteiger partial charge in [0.15, 0.2) is 0 Å². The summed E-state index contributed by atoms with van der Waals surface area (Å²) in [6.07, 6.45) is 0.